The number of likely N-dealkylation sites (N-methyl/N-ethyl adjacent to an activating group) is 1. The second kappa shape index (κ2) is 8.45. The first-order valence-corrected chi connectivity index (χ1v) is 9.03. The van der Waals surface area contributed by atoms with E-state index >= 15 is 0 Å². The molecule has 1 heterocycles. The van der Waals surface area contributed by atoms with Crippen LogP contribution in [0.25, 0.3) is 10.9 Å². The summed E-state index contributed by atoms with van der Waals surface area (Å²) in [5.74, 6) is -0.276. The number of hydrogen-bond acceptors (Lipinski definition) is 3. The Balaban J connectivity index is 1.85. The molecule has 0 saturated heterocycles. The Morgan fingerprint density at radius 2 is 1.70 bits per heavy atom. The third kappa shape index (κ3) is 4.31. The maximum absolute atomic E-state index is 12.9. The minimum absolute atomic E-state index is 0.00824. The van der Waals surface area contributed by atoms with Crippen LogP contribution in [0.1, 0.15) is 19.4 Å². The molecule has 0 unspecified atom stereocenters. The standard InChI is InChI=1S/C22H23N3O2/c1-3-24(15-18-9-5-4-6-10-18)21(27)16-25(17(2)26)20-13-7-11-19-12-8-14-23-22(19)20/h4-14H,3,15-16H2,1-2H3. The number of fused-ring (bicyclic) bond motifs is 1. The number of carbonyl (C=O) groups excluding carboxylic acids is 2. The topological polar surface area (TPSA) is 53.5 Å². The van der Waals surface area contributed by atoms with Crippen molar-refractivity contribution in [2.45, 2.75) is 20.4 Å². The predicted molar refractivity (Wildman–Crippen MR) is 107 cm³/mol. The molecular formula is C22H23N3O2. The highest BCUT2D eigenvalue weighted by Gasteiger charge is 2.21. The van der Waals surface area contributed by atoms with Crippen molar-refractivity contribution in [2.75, 3.05) is 18.0 Å². The van der Waals surface area contributed by atoms with E-state index in [0.29, 0.717) is 24.3 Å². The Hall–Kier alpha value is -3.21. The summed E-state index contributed by atoms with van der Waals surface area (Å²) in [7, 11) is 0. The van der Waals surface area contributed by atoms with Crippen molar-refractivity contribution < 1.29 is 9.59 Å². The molecule has 3 aromatic rings. The minimum atomic E-state index is -0.183. The van der Waals surface area contributed by atoms with Crippen LogP contribution in [0.4, 0.5) is 5.69 Å². The van der Waals surface area contributed by atoms with Gasteiger partial charge in [-0.3, -0.25) is 14.6 Å². The van der Waals surface area contributed by atoms with Gasteiger partial charge < -0.3 is 9.80 Å². The zero-order valence-corrected chi connectivity index (χ0v) is 15.6. The predicted octanol–water partition coefficient (Wildman–Crippen LogP) is 3.64. The fraction of sp³-hybridized carbons (Fsp3) is 0.227. The monoisotopic (exact) mass is 361 g/mol. The Morgan fingerprint density at radius 3 is 2.41 bits per heavy atom. The molecule has 3 rings (SSSR count). The lowest BCUT2D eigenvalue weighted by Crippen LogP contribution is -2.42. The minimum Gasteiger partial charge on any atom is -0.337 e. The Bertz CT molecular complexity index is 935. The zero-order chi connectivity index (χ0) is 19.2. The van der Waals surface area contributed by atoms with Gasteiger partial charge in [-0.1, -0.05) is 48.5 Å². The lowest BCUT2D eigenvalue weighted by Gasteiger charge is -2.27. The third-order valence-electron chi connectivity index (χ3n) is 4.53. The smallest absolute Gasteiger partial charge is 0.242 e. The highest BCUT2D eigenvalue weighted by atomic mass is 16.2. The molecule has 0 N–H and O–H groups in total. The Kier molecular flexibility index (Phi) is 5.81. The molecule has 2 amide bonds. The Labute approximate surface area is 159 Å². The summed E-state index contributed by atoms with van der Waals surface area (Å²) in [5.41, 5.74) is 2.44. The summed E-state index contributed by atoms with van der Waals surface area (Å²) in [5, 5.41) is 0.935. The van der Waals surface area contributed by atoms with E-state index in [0.717, 1.165) is 10.9 Å². The van der Waals surface area contributed by atoms with Crippen molar-refractivity contribution in [2.24, 2.45) is 0 Å². The maximum atomic E-state index is 12.9. The first kappa shape index (κ1) is 18.6. The van der Waals surface area contributed by atoms with Crippen LogP contribution in [-0.4, -0.2) is 34.8 Å². The molecular weight excluding hydrogens is 338 g/mol. The number of aromatic nitrogens is 1. The van der Waals surface area contributed by atoms with Crippen LogP contribution in [0.2, 0.25) is 0 Å². The van der Waals surface area contributed by atoms with Gasteiger partial charge in [0.15, 0.2) is 0 Å². The summed E-state index contributed by atoms with van der Waals surface area (Å²) < 4.78 is 0. The highest BCUT2D eigenvalue weighted by molar-refractivity contribution is 6.04. The van der Waals surface area contributed by atoms with Gasteiger partial charge in [-0.15, -0.1) is 0 Å². The lowest BCUT2D eigenvalue weighted by molar-refractivity contribution is -0.131. The van der Waals surface area contributed by atoms with Crippen LogP contribution in [0, 0.1) is 0 Å². The summed E-state index contributed by atoms with van der Waals surface area (Å²) in [6.07, 6.45) is 1.69. The fourth-order valence-electron chi connectivity index (χ4n) is 3.09. The first-order chi connectivity index (χ1) is 13.1. The third-order valence-corrected chi connectivity index (χ3v) is 4.53. The number of nitrogens with zero attached hydrogens (tertiary/aromatic N) is 3. The van der Waals surface area contributed by atoms with Crippen molar-refractivity contribution in [1.82, 2.24) is 9.88 Å². The molecule has 0 atom stereocenters. The summed E-state index contributed by atoms with van der Waals surface area (Å²) in [6, 6.07) is 19.3. The average molecular weight is 361 g/mol. The van der Waals surface area contributed by atoms with Gasteiger partial charge in [0.05, 0.1) is 11.2 Å². The molecule has 138 valence electrons. The van der Waals surface area contributed by atoms with E-state index in [-0.39, 0.29) is 18.4 Å². The molecule has 0 bridgehead atoms. The van der Waals surface area contributed by atoms with E-state index in [1.54, 1.807) is 11.1 Å². The van der Waals surface area contributed by atoms with Crippen LogP contribution in [0.3, 0.4) is 0 Å². The van der Waals surface area contributed by atoms with E-state index in [9.17, 15) is 9.59 Å². The molecule has 0 radical (unpaired) electrons. The first-order valence-electron chi connectivity index (χ1n) is 9.03. The molecule has 0 saturated carbocycles. The van der Waals surface area contributed by atoms with E-state index in [4.69, 9.17) is 0 Å². The van der Waals surface area contributed by atoms with Crippen molar-refractivity contribution >= 4 is 28.4 Å². The molecule has 0 spiro atoms. The van der Waals surface area contributed by atoms with Gasteiger partial charge in [0, 0.05) is 31.6 Å². The SMILES string of the molecule is CCN(Cc1ccccc1)C(=O)CN(C(C)=O)c1cccc2cccnc12. The number of para-hydroxylation sites is 1. The van der Waals surface area contributed by atoms with Crippen molar-refractivity contribution in [1.29, 1.82) is 0 Å². The van der Waals surface area contributed by atoms with Crippen molar-refractivity contribution in [3.63, 3.8) is 0 Å². The summed E-state index contributed by atoms with van der Waals surface area (Å²) >= 11 is 0. The highest BCUT2D eigenvalue weighted by Crippen LogP contribution is 2.25. The molecule has 0 aliphatic rings. The fourth-order valence-corrected chi connectivity index (χ4v) is 3.09. The van der Waals surface area contributed by atoms with E-state index < -0.39 is 0 Å². The second-order valence-electron chi connectivity index (χ2n) is 6.35. The molecule has 27 heavy (non-hydrogen) atoms. The molecule has 2 aromatic carbocycles. The van der Waals surface area contributed by atoms with Crippen molar-refractivity contribution in [3.05, 3.63) is 72.4 Å². The lowest BCUT2D eigenvalue weighted by atomic mass is 10.1. The molecule has 1 aromatic heterocycles. The summed E-state index contributed by atoms with van der Waals surface area (Å²) in [4.78, 5) is 32.9. The molecule has 5 nitrogen and oxygen atoms in total. The largest absolute Gasteiger partial charge is 0.337 e. The van der Waals surface area contributed by atoms with Crippen LogP contribution >= 0.6 is 0 Å². The van der Waals surface area contributed by atoms with Gasteiger partial charge in [-0.2, -0.15) is 0 Å². The van der Waals surface area contributed by atoms with Gasteiger partial charge in [-0.05, 0) is 24.6 Å². The second-order valence-corrected chi connectivity index (χ2v) is 6.35. The van der Waals surface area contributed by atoms with Gasteiger partial charge in [0.2, 0.25) is 11.8 Å². The molecule has 0 aliphatic heterocycles. The van der Waals surface area contributed by atoms with Crippen LogP contribution in [-0.2, 0) is 16.1 Å². The van der Waals surface area contributed by atoms with Crippen LogP contribution < -0.4 is 4.90 Å². The van der Waals surface area contributed by atoms with Gasteiger partial charge in [-0.25, -0.2) is 0 Å². The maximum Gasteiger partial charge on any atom is 0.242 e. The number of anilines is 1. The van der Waals surface area contributed by atoms with Gasteiger partial charge in [0.1, 0.15) is 6.54 Å². The number of amides is 2. The van der Waals surface area contributed by atoms with E-state index in [1.807, 2.05) is 67.6 Å². The van der Waals surface area contributed by atoms with E-state index in [2.05, 4.69) is 4.98 Å². The normalized spacial score (nSPS) is 10.6. The van der Waals surface area contributed by atoms with E-state index in [1.165, 1.54) is 11.8 Å². The Morgan fingerprint density at radius 1 is 0.963 bits per heavy atom. The number of rotatable bonds is 6. The van der Waals surface area contributed by atoms with Gasteiger partial charge in [0.25, 0.3) is 0 Å². The van der Waals surface area contributed by atoms with Crippen molar-refractivity contribution in [3.8, 4) is 0 Å². The average Bonchev–Trinajstić information content (AvgIpc) is 2.70. The number of pyridine rings is 1. The number of carbonyl (C=O) groups is 2. The molecule has 0 fully saturated rings. The van der Waals surface area contributed by atoms with Crippen LogP contribution in [0.15, 0.2) is 66.9 Å². The molecule has 0 aliphatic carbocycles. The zero-order valence-electron chi connectivity index (χ0n) is 15.6. The van der Waals surface area contributed by atoms with Gasteiger partial charge >= 0.3 is 0 Å². The molecule has 5 heteroatoms. The summed E-state index contributed by atoms with van der Waals surface area (Å²) in [6.45, 7) is 4.51. The number of benzene rings is 2. The quantitative estimate of drug-likeness (QED) is 0.674. The number of hydrogen-bond donors (Lipinski definition) is 0. The van der Waals surface area contributed by atoms with Crippen LogP contribution in [0.5, 0.6) is 0 Å².